The van der Waals surface area contributed by atoms with Gasteiger partial charge in [0, 0.05) is 12.1 Å². The van der Waals surface area contributed by atoms with Gasteiger partial charge < -0.3 is 4.90 Å². The van der Waals surface area contributed by atoms with E-state index in [1.54, 1.807) is 4.90 Å². The average molecular weight is 274 g/mol. The van der Waals surface area contributed by atoms with Crippen LogP contribution in [0, 0.1) is 0 Å². The van der Waals surface area contributed by atoms with E-state index in [4.69, 9.17) is 12.2 Å². The number of thioether (sulfide) groups is 1. The number of hydrogen-bond acceptors (Lipinski definition) is 3. The van der Waals surface area contributed by atoms with E-state index < -0.39 is 0 Å². The first-order chi connectivity index (χ1) is 7.91. The smallest absolute Gasteiger partial charge is 0.251 e. The lowest BCUT2D eigenvalue weighted by molar-refractivity contribution is -0.128. The van der Waals surface area contributed by atoms with Crippen LogP contribution in [0.1, 0.15) is 34.1 Å². The molecular formula is C12H22N2OS2. The Hall–Kier alpha value is -0.290. The first-order valence-corrected chi connectivity index (χ1v) is 7.86. The van der Waals surface area contributed by atoms with E-state index in [9.17, 15) is 4.79 Å². The zero-order valence-electron chi connectivity index (χ0n) is 11.3. The van der Waals surface area contributed by atoms with Crippen molar-refractivity contribution in [3.63, 3.8) is 0 Å². The van der Waals surface area contributed by atoms with Crippen LogP contribution in [0.4, 0.5) is 0 Å². The average Bonchev–Trinajstić information content (AvgIpc) is 2.47. The van der Waals surface area contributed by atoms with Gasteiger partial charge in [0.2, 0.25) is 0 Å². The number of carbonyl (C=O) groups is 1. The number of carbonyl (C=O) groups excluding carboxylic acids is 1. The van der Waals surface area contributed by atoms with Crippen LogP contribution in [-0.4, -0.2) is 51.0 Å². The molecule has 1 rings (SSSR count). The third-order valence-electron chi connectivity index (χ3n) is 3.17. The van der Waals surface area contributed by atoms with Crippen LogP contribution in [0.2, 0.25) is 0 Å². The molecule has 0 N–H and O–H groups in total. The molecule has 1 aliphatic heterocycles. The summed E-state index contributed by atoms with van der Waals surface area (Å²) >= 11 is 7.27. The van der Waals surface area contributed by atoms with Crippen LogP contribution in [-0.2, 0) is 4.79 Å². The highest BCUT2D eigenvalue weighted by atomic mass is 32.2. The van der Waals surface area contributed by atoms with Crippen molar-refractivity contribution in [3.05, 3.63) is 0 Å². The molecule has 0 aliphatic carbocycles. The molecule has 0 bridgehead atoms. The van der Waals surface area contributed by atoms with E-state index in [-0.39, 0.29) is 18.0 Å². The van der Waals surface area contributed by atoms with Crippen molar-refractivity contribution in [2.75, 3.05) is 12.0 Å². The normalized spacial score (nSPS) is 22.8. The van der Waals surface area contributed by atoms with E-state index in [0.717, 1.165) is 12.2 Å². The molecule has 2 atom stereocenters. The predicted octanol–water partition coefficient (Wildman–Crippen LogP) is 2.35. The van der Waals surface area contributed by atoms with E-state index in [0.29, 0.717) is 11.2 Å². The summed E-state index contributed by atoms with van der Waals surface area (Å²) in [6, 6.07) is 0.370. The summed E-state index contributed by atoms with van der Waals surface area (Å²) < 4.78 is 0. The molecule has 3 nitrogen and oxygen atoms in total. The molecule has 0 radical (unpaired) electrons. The third kappa shape index (κ3) is 2.94. The lowest BCUT2D eigenvalue weighted by atomic mass is 10.2. The first-order valence-electron chi connectivity index (χ1n) is 6.06. The predicted molar refractivity (Wildman–Crippen MR) is 78.3 cm³/mol. The van der Waals surface area contributed by atoms with Crippen molar-refractivity contribution in [1.82, 2.24) is 9.80 Å². The van der Waals surface area contributed by atoms with Crippen molar-refractivity contribution in [3.8, 4) is 0 Å². The van der Waals surface area contributed by atoms with Crippen molar-refractivity contribution >= 4 is 35.0 Å². The Labute approximate surface area is 114 Å². The minimum absolute atomic E-state index is 0.109. The molecule has 1 aliphatic rings. The van der Waals surface area contributed by atoms with Crippen LogP contribution in [0.25, 0.3) is 0 Å². The van der Waals surface area contributed by atoms with Crippen LogP contribution < -0.4 is 0 Å². The van der Waals surface area contributed by atoms with Crippen LogP contribution >= 0.6 is 24.0 Å². The van der Waals surface area contributed by atoms with E-state index in [2.05, 4.69) is 18.1 Å². The summed E-state index contributed by atoms with van der Waals surface area (Å²) in [5, 5.41) is 0.700. The van der Waals surface area contributed by atoms with Crippen molar-refractivity contribution < 1.29 is 4.79 Å². The Bertz CT molecular complexity index is 307. The molecule has 1 amide bonds. The Morgan fingerprint density at radius 2 is 2.00 bits per heavy atom. The molecule has 0 saturated carbocycles. The van der Waals surface area contributed by atoms with Gasteiger partial charge in [-0.1, -0.05) is 0 Å². The number of hydrogen-bond donors (Lipinski definition) is 0. The van der Waals surface area contributed by atoms with Gasteiger partial charge in [-0.15, -0.1) is 0 Å². The maximum Gasteiger partial charge on any atom is 0.251 e. The topological polar surface area (TPSA) is 23.6 Å². The summed E-state index contributed by atoms with van der Waals surface area (Å²) in [5.74, 6) is 1.24. The molecule has 5 heteroatoms. The quantitative estimate of drug-likeness (QED) is 0.718. The molecule has 1 saturated heterocycles. The number of nitrogens with zero attached hydrogens (tertiary/aromatic N) is 2. The van der Waals surface area contributed by atoms with Crippen LogP contribution in [0.5, 0.6) is 0 Å². The van der Waals surface area contributed by atoms with Gasteiger partial charge in [0.1, 0.15) is 6.04 Å². The summed E-state index contributed by atoms with van der Waals surface area (Å²) in [6.45, 7) is 8.11. The zero-order chi connectivity index (χ0) is 13.2. The highest BCUT2D eigenvalue weighted by molar-refractivity contribution is 7.98. The lowest BCUT2D eigenvalue weighted by Crippen LogP contribution is -2.42. The van der Waals surface area contributed by atoms with Gasteiger partial charge >= 0.3 is 0 Å². The van der Waals surface area contributed by atoms with Crippen molar-refractivity contribution in [1.29, 1.82) is 0 Å². The summed E-state index contributed by atoms with van der Waals surface area (Å²) in [7, 11) is 0. The molecule has 0 aromatic heterocycles. The number of rotatable bonds is 5. The van der Waals surface area contributed by atoms with Crippen molar-refractivity contribution in [2.45, 2.75) is 52.2 Å². The van der Waals surface area contributed by atoms with Gasteiger partial charge in [-0.2, -0.15) is 11.8 Å². The molecular weight excluding hydrogens is 252 g/mol. The van der Waals surface area contributed by atoms with E-state index in [1.807, 2.05) is 32.5 Å². The van der Waals surface area contributed by atoms with Crippen LogP contribution in [0.3, 0.4) is 0 Å². The Morgan fingerprint density at radius 3 is 2.41 bits per heavy atom. The highest BCUT2D eigenvalue weighted by Gasteiger charge is 2.42. The fourth-order valence-corrected chi connectivity index (χ4v) is 3.39. The second kappa shape index (κ2) is 6.05. The number of thiocarbonyl (C=S) groups is 1. The molecule has 17 heavy (non-hydrogen) atoms. The summed E-state index contributed by atoms with van der Waals surface area (Å²) in [4.78, 5) is 16.0. The van der Waals surface area contributed by atoms with Gasteiger partial charge in [-0.25, -0.2) is 0 Å². The number of amides is 1. The van der Waals surface area contributed by atoms with Gasteiger partial charge in [-0.3, -0.25) is 9.69 Å². The summed E-state index contributed by atoms with van der Waals surface area (Å²) in [5.41, 5.74) is 0. The molecule has 0 spiro atoms. The van der Waals surface area contributed by atoms with Crippen LogP contribution in [0.15, 0.2) is 0 Å². The maximum atomic E-state index is 12.1. The molecule has 1 heterocycles. The lowest BCUT2D eigenvalue weighted by Gasteiger charge is -2.29. The van der Waals surface area contributed by atoms with Gasteiger partial charge in [0.25, 0.3) is 5.91 Å². The highest BCUT2D eigenvalue weighted by Crippen LogP contribution is 2.24. The largest absolute Gasteiger partial charge is 0.334 e. The van der Waals surface area contributed by atoms with Crippen molar-refractivity contribution in [2.24, 2.45) is 0 Å². The molecule has 1 fully saturated rings. The fourth-order valence-electron chi connectivity index (χ4n) is 2.18. The zero-order valence-corrected chi connectivity index (χ0v) is 12.9. The standard InChI is InChI=1S/C12H22N2OS2/c1-8(2)13-11(15)10(4)14(12(13)16)9(3)6-7-17-5/h8-10H,6-7H2,1-5H3. The summed E-state index contributed by atoms with van der Waals surface area (Å²) in [6.07, 6.45) is 3.16. The minimum atomic E-state index is -0.109. The Kier molecular flexibility index (Phi) is 5.25. The molecule has 98 valence electrons. The second-order valence-electron chi connectivity index (χ2n) is 4.80. The van der Waals surface area contributed by atoms with E-state index >= 15 is 0 Å². The Morgan fingerprint density at radius 1 is 1.41 bits per heavy atom. The maximum absolute atomic E-state index is 12.1. The SMILES string of the molecule is CSCCC(C)N1C(=S)N(C(C)C)C(=O)C1C. The monoisotopic (exact) mass is 274 g/mol. The first kappa shape index (κ1) is 14.8. The van der Waals surface area contributed by atoms with Gasteiger partial charge in [0.05, 0.1) is 0 Å². The Balaban J connectivity index is 2.80. The third-order valence-corrected chi connectivity index (χ3v) is 4.22. The fraction of sp³-hybridized carbons (Fsp3) is 0.833. The molecule has 0 aromatic carbocycles. The van der Waals surface area contributed by atoms with Gasteiger partial charge in [0.15, 0.2) is 5.11 Å². The van der Waals surface area contributed by atoms with Gasteiger partial charge in [-0.05, 0) is 58.3 Å². The molecule has 0 aromatic rings. The van der Waals surface area contributed by atoms with E-state index in [1.165, 1.54) is 0 Å². The minimum Gasteiger partial charge on any atom is -0.334 e. The molecule has 2 unspecified atom stereocenters. The second-order valence-corrected chi connectivity index (χ2v) is 6.15.